The molecule has 30 heavy (non-hydrogen) atoms. The van der Waals surface area contributed by atoms with E-state index in [2.05, 4.69) is 20.6 Å². The third kappa shape index (κ3) is 4.74. The van der Waals surface area contributed by atoms with Crippen molar-refractivity contribution in [1.29, 1.82) is 0 Å². The van der Waals surface area contributed by atoms with Crippen molar-refractivity contribution >= 4 is 51.9 Å². The number of hydrogen-bond donors (Lipinski definition) is 3. The number of ether oxygens (including phenoxy) is 1. The number of nitrogens with two attached hydrogens (primary N) is 1. The van der Waals surface area contributed by atoms with Crippen molar-refractivity contribution in [2.24, 2.45) is 0 Å². The molecule has 4 rings (SSSR count). The third-order valence-electron chi connectivity index (χ3n) is 4.16. The SMILES string of the molecule is Nc1c(Nc2ccc(Oc3ccccc3)cc2)ncnc1Nc1cc(Cl)ccc1Cl. The second kappa shape index (κ2) is 8.90. The molecule has 0 aliphatic rings. The summed E-state index contributed by atoms with van der Waals surface area (Å²) in [5, 5.41) is 7.32. The predicted molar refractivity (Wildman–Crippen MR) is 122 cm³/mol. The fraction of sp³-hybridized carbons (Fsp3) is 0. The second-order valence-corrected chi connectivity index (χ2v) is 7.14. The quantitative estimate of drug-likeness (QED) is 0.313. The molecule has 0 saturated heterocycles. The molecule has 0 bridgehead atoms. The molecule has 8 heteroatoms. The van der Waals surface area contributed by atoms with Crippen LogP contribution in [0.4, 0.5) is 28.7 Å². The molecular weight excluding hydrogens is 421 g/mol. The lowest BCUT2D eigenvalue weighted by molar-refractivity contribution is 0.483. The standard InChI is InChI=1S/C22H17Cl2N5O/c23-14-6-11-18(24)19(12-14)29-22-20(25)21(26-13-27-22)28-15-7-9-17(10-8-15)30-16-4-2-1-3-5-16/h1-13H,25H2,(H2,26,27,28,29). The van der Waals surface area contributed by atoms with Crippen molar-refractivity contribution in [3.63, 3.8) is 0 Å². The smallest absolute Gasteiger partial charge is 0.159 e. The molecule has 0 amide bonds. The molecule has 1 heterocycles. The van der Waals surface area contributed by atoms with Gasteiger partial charge < -0.3 is 21.1 Å². The molecule has 4 N–H and O–H groups in total. The van der Waals surface area contributed by atoms with Crippen LogP contribution in [0.15, 0.2) is 79.1 Å². The molecule has 0 aliphatic carbocycles. The highest BCUT2D eigenvalue weighted by molar-refractivity contribution is 6.35. The molecule has 0 atom stereocenters. The highest BCUT2D eigenvalue weighted by Crippen LogP contribution is 2.33. The lowest BCUT2D eigenvalue weighted by Gasteiger charge is -2.14. The molecule has 0 spiro atoms. The topological polar surface area (TPSA) is 85.1 Å². The Balaban J connectivity index is 1.49. The van der Waals surface area contributed by atoms with Crippen molar-refractivity contribution in [1.82, 2.24) is 9.97 Å². The fourth-order valence-electron chi connectivity index (χ4n) is 2.68. The molecule has 6 nitrogen and oxygen atoms in total. The van der Waals surface area contributed by atoms with Crippen LogP contribution in [0.5, 0.6) is 11.5 Å². The maximum absolute atomic E-state index is 6.25. The van der Waals surface area contributed by atoms with Gasteiger partial charge in [0.25, 0.3) is 0 Å². The van der Waals surface area contributed by atoms with Gasteiger partial charge in [0.1, 0.15) is 23.5 Å². The van der Waals surface area contributed by atoms with Crippen LogP contribution in [0.3, 0.4) is 0 Å². The van der Waals surface area contributed by atoms with Crippen LogP contribution in [0, 0.1) is 0 Å². The van der Waals surface area contributed by atoms with Gasteiger partial charge in [-0.1, -0.05) is 41.4 Å². The molecular formula is C22H17Cl2N5O. The van der Waals surface area contributed by atoms with Crippen LogP contribution in [0.1, 0.15) is 0 Å². The second-order valence-electron chi connectivity index (χ2n) is 6.30. The summed E-state index contributed by atoms with van der Waals surface area (Å²) in [6, 6.07) is 22.1. The Labute approximate surface area is 183 Å². The largest absolute Gasteiger partial charge is 0.457 e. The monoisotopic (exact) mass is 437 g/mol. The highest BCUT2D eigenvalue weighted by atomic mass is 35.5. The zero-order valence-electron chi connectivity index (χ0n) is 15.6. The normalized spacial score (nSPS) is 10.5. The van der Waals surface area contributed by atoms with Gasteiger partial charge in [0.15, 0.2) is 11.6 Å². The van der Waals surface area contributed by atoms with E-state index in [1.54, 1.807) is 18.2 Å². The Morgan fingerprint density at radius 1 is 0.767 bits per heavy atom. The Kier molecular flexibility index (Phi) is 5.88. The molecule has 4 aromatic rings. The summed E-state index contributed by atoms with van der Waals surface area (Å²) in [7, 11) is 0. The van der Waals surface area contributed by atoms with E-state index in [4.69, 9.17) is 33.7 Å². The number of nitrogen functional groups attached to an aromatic ring is 1. The summed E-state index contributed by atoms with van der Waals surface area (Å²) in [5.41, 5.74) is 7.99. The van der Waals surface area contributed by atoms with E-state index < -0.39 is 0 Å². The van der Waals surface area contributed by atoms with Crippen LogP contribution < -0.4 is 21.1 Å². The number of halogens is 2. The molecule has 0 unspecified atom stereocenters. The lowest BCUT2D eigenvalue weighted by atomic mass is 10.3. The van der Waals surface area contributed by atoms with Crippen molar-refractivity contribution < 1.29 is 4.74 Å². The first kappa shape index (κ1) is 19.8. The van der Waals surface area contributed by atoms with Gasteiger partial charge in [0, 0.05) is 10.7 Å². The first-order chi connectivity index (χ1) is 14.6. The van der Waals surface area contributed by atoms with Crippen LogP contribution in [-0.2, 0) is 0 Å². The third-order valence-corrected chi connectivity index (χ3v) is 4.73. The minimum Gasteiger partial charge on any atom is -0.457 e. The van der Waals surface area contributed by atoms with E-state index in [1.165, 1.54) is 6.33 Å². The number of anilines is 5. The molecule has 0 fully saturated rings. The van der Waals surface area contributed by atoms with E-state index in [9.17, 15) is 0 Å². The summed E-state index contributed by atoms with van der Waals surface area (Å²) in [6.07, 6.45) is 1.41. The minimum absolute atomic E-state index is 0.346. The number of benzene rings is 3. The van der Waals surface area contributed by atoms with Crippen molar-refractivity contribution in [3.8, 4) is 11.5 Å². The number of rotatable bonds is 6. The van der Waals surface area contributed by atoms with E-state index in [0.717, 1.165) is 17.2 Å². The van der Waals surface area contributed by atoms with E-state index in [0.29, 0.717) is 33.1 Å². The van der Waals surface area contributed by atoms with E-state index in [-0.39, 0.29) is 0 Å². The van der Waals surface area contributed by atoms with Crippen molar-refractivity contribution in [2.45, 2.75) is 0 Å². The molecule has 1 aromatic heterocycles. The predicted octanol–water partition coefficient (Wildman–Crippen LogP) is 6.65. The van der Waals surface area contributed by atoms with Crippen molar-refractivity contribution in [2.75, 3.05) is 16.4 Å². The number of nitrogens with one attached hydrogen (secondary N) is 2. The Bertz CT molecular complexity index is 1150. The Morgan fingerprint density at radius 2 is 1.43 bits per heavy atom. The van der Waals surface area contributed by atoms with Gasteiger partial charge in [-0.25, -0.2) is 9.97 Å². The summed E-state index contributed by atoms with van der Waals surface area (Å²) < 4.78 is 5.80. The van der Waals surface area contributed by atoms with Crippen LogP contribution in [0.25, 0.3) is 0 Å². The van der Waals surface area contributed by atoms with Gasteiger partial charge >= 0.3 is 0 Å². The highest BCUT2D eigenvalue weighted by Gasteiger charge is 2.11. The summed E-state index contributed by atoms with van der Waals surface area (Å²) in [6.45, 7) is 0. The molecule has 3 aromatic carbocycles. The van der Waals surface area contributed by atoms with Gasteiger partial charge in [-0.2, -0.15) is 0 Å². The van der Waals surface area contributed by atoms with E-state index >= 15 is 0 Å². The van der Waals surface area contributed by atoms with Crippen LogP contribution >= 0.6 is 23.2 Å². The van der Waals surface area contributed by atoms with E-state index in [1.807, 2.05) is 54.6 Å². The molecule has 0 radical (unpaired) electrons. The lowest BCUT2D eigenvalue weighted by Crippen LogP contribution is -2.05. The number of para-hydroxylation sites is 1. The molecule has 0 aliphatic heterocycles. The van der Waals surface area contributed by atoms with Gasteiger partial charge in [0.05, 0.1) is 10.7 Å². The van der Waals surface area contributed by atoms with Gasteiger partial charge in [-0.15, -0.1) is 0 Å². The minimum atomic E-state index is 0.346. The average Bonchev–Trinajstić information content (AvgIpc) is 2.76. The van der Waals surface area contributed by atoms with Crippen molar-refractivity contribution in [3.05, 3.63) is 89.2 Å². The zero-order valence-corrected chi connectivity index (χ0v) is 17.2. The summed E-state index contributed by atoms with van der Waals surface area (Å²) >= 11 is 12.2. The Hall–Kier alpha value is -3.48. The first-order valence-electron chi connectivity index (χ1n) is 9.01. The average molecular weight is 438 g/mol. The summed E-state index contributed by atoms with van der Waals surface area (Å²) in [5.74, 6) is 2.37. The Morgan fingerprint density at radius 3 is 2.17 bits per heavy atom. The first-order valence-corrected chi connectivity index (χ1v) is 9.76. The van der Waals surface area contributed by atoms with Crippen LogP contribution in [-0.4, -0.2) is 9.97 Å². The zero-order chi connectivity index (χ0) is 20.9. The van der Waals surface area contributed by atoms with Crippen LogP contribution in [0.2, 0.25) is 10.0 Å². The number of hydrogen-bond acceptors (Lipinski definition) is 6. The molecule has 0 saturated carbocycles. The van der Waals surface area contributed by atoms with Gasteiger partial charge in [-0.05, 0) is 54.6 Å². The maximum Gasteiger partial charge on any atom is 0.159 e. The maximum atomic E-state index is 6.25. The number of aromatic nitrogens is 2. The van der Waals surface area contributed by atoms with Gasteiger partial charge in [0.2, 0.25) is 0 Å². The molecule has 150 valence electrons. The van der Waals surface area contributed by atoms with Gasteiger partial charge in [-0.3, -0.25) is 0 Å². The summed E-state index contributed by atoms with van der Waals surface area (Å²) in [4.78, 5) is 8.43. The number of nitrogens with zero attached hydrogens (tertiary/aromatic N) is 2. The fourth-order valence-corrected chi connectivity index (χ4v) is 3.02.